The lowest BCUT2D eigenvalue weighted by atomic mass is 10.2. The van der Waals surface area contributed by atoms with Gasteiger partial charge in [-0.1, -0.05) is 0 Å². The van der Waals surface area contributed by atoms with E-state index >= 15 is 0 Å². The molecule has 2 aromatic rings. The fourth-order valence-electron chi connectivity index (χ4n) is 2.40. The molecule has 1 aliphatic rings. The minimum absolute atomic E-state index is 0.261. The van der Waals surface area contributed by atoms with Crippen LogP contribution in [-0.4, -0.2) is 36.6 Å². The summed E-state index contributed by atoms with van der Waals surface area (Å²) in [6, 6.07) is 8.23. The van der Waals surface area contributed by atoms with E-state index in [2.05, 4.69) is 15.6 Å². The van der Waals surface area contributed by atoms with Gasteiger partial charge in [-0.3, -0.25) is 9.78 Å². The van der Waals surface area contributed by atoms with Gasteiger partial charge in [-0.15, -0.1) is 0 Å². The number of benzene rings is 1. The van der Waals surface area contributed by atoms with E-state index in [1.54, 1.807) is 36.5 Å². The van der Waals surface area contributed by atoms with Crippen molar-refractivity contribution in [3.8, 4) is 5.75 Å². The van der Waals surface area contributed by atoms with Crippen LogP contribution in [0.25, 0.3) is 0 Å². The van der Waals surface area contributed by atoms with E-state index in [1.165, 1.54) is 13.3 Å². The number of pyridine rings is 1. The van der Waals surface area contributed by atoms with Crippen LogP contribution in [0, 0.1) is 0 Å². The summed E-state index contributed by atoms with van der Waals surface area (Å²) >= 11 is 0. The highest BCUT2D eigenvalue weighted by Crippen LogP contribution is 2.29. The summed E-state index contributed by atoms with van der Waals surface area (Å²) in [7, 11) is 1.52. The van der Waals surface area contributed by atoms with Gasteiger partial charge in [0.05, 0.1) is 25.0 Å². The zero-order chi connectivity index (χ0) is 16.9. The first-order chi connectivity index (χ1) is 11.7. The van der Waals surface area contributed by atoms with Crippen molar-refractivity contribution in [2.24, 2.45) is 0 Å². The molecule has 1 atom stereocenters. The summed E-state index contributed by atoms with van der Waals surface area (Å²) in [6.07, 6.45) is 3.72. The molecule has 1 aliphatic heterocycles. The molecule has 0 radical (unpaired) electrons. The highest BCUT2D eigenvalue weighted by molar-refractivity contribution is 6.04. The largest absolute Gasteiger partial charge is 0.494 e. The van der Waals surface area contributed by atoms with Crippen LogP contribution in [0.5, 0.6) is 5.75 Å². The fourth-order valence-corrected chi connectivity index (χ4v) is 2.40. The van der Waals surface area contributed by atoms with Gasteiger partial charge in [0.25, 0.3) is 5.91 Å². The van der Waals surface area contributed by atoms with Gasteiger partial charge in [-0.05, 0) is 24.3 Å². The van der Waals surface area contributed by atoms with Crippen LogP contribution in [-0.2, 0) is 9.53 Å². The average molecular weight is 327 g/mol. The number of hydrogen-bond donors (Lipinski definition) is 2. The van der Waals surface area contributed by atoms with Crippen molar-refractivity contribution >= 4 is 23.3 Å². The Balaban J connectivity index is 1.74. The molecule has 124 valence electrons. The number of nitrogens with zero attached hydrogens (tertiary/aromatic N) is 1. The first-order valence-electron chi connectivity index (χ1n) is 7.50. The third kappa shape index (κ3) is 3.45. The standard InChI is InChI=1S/C17H17N3O4/c1-23-15-9-12(19-14-6-8-24-17(14)22)4-5-13(15)20-16(21)11-3-2-7-18-10-11/h2-5,7,9-10,14,19H,6,8H2,1H3,(H,20,21)/t14-/m0/s1. The van der Waals surface area contributed by atoms with E-state index < -0.39 is 0 Å². The van der Waals surface area contributed by atoms with Gasteiger partial charge in [-0.25, -0.2) is 4.79 Å². The number of hydrogen-bond acceptors (Lipinski definition) is 6. The topological polar surface area (TPSA) is 89.5 Å². The molecule has 1 aromatic heterocycles. The highest BCUT2D eigenvalue weighted by atomic mass is 16.5. The number of carbonyl (C=O) groups is 2. The fraction of sp³-hybridized carbons (Fsp3) is 0.235. The van der Waals surface area contributed by atoms with Gasteiger partial charge in [0.1, 0.15) is 11.8 Å². The Bertz CT molecular complexity index is 749. The number of ether oxygens (including phenoxy) is 2. The normalized spacial score (nSPS) is 16.4. The van der Waals surface area contributed by atoms with Crippen LogP contribution in [0.3, 0.4) is 0 Å². The van der Waals surface area contributed by atoms with Crippen molar-refractivity contribution in [1.29, 1.82) is 0 Å². The van der Waals surface area contributed by atoms with Crippen LogP contribution in [0.15, 0.2) is 42.7 Å². The van der Waals surface area contributed by atoms with Crippen LogP contribution in [0.2, 0.25) is 0 Å². The molecule has 1 fully saturated rings. The van der Waals surface area contributed by atoms with Gasteiger partial charge in [0, 0.05) is 30.6 Å². The van der Waals surface area contributed by atoms with Crippen LogP contribution in [0.4, 0.5) is 11.4 Å². The van der Waals surface area contributed by atoms with E-state index in [1.807, 2.05) is 0 Å². The second-order valence-corrected chi connectivity index (χ2v) is 5.26. The maximum atomic E-state index is 12.2. The van der Waals surface area contributed by atoms with Gasteiger partial charge in [-0.2, -0.15) is 0 Å². The van der Waals surface area contributed by atoms with Crippen molar-refractivity contribution < 1.29 is 19.1 Å². The summed E-state index contributed by atoms with van der Waals surface area (Å²) in [4.78, 5) is 27.7. The summed E-state index contributed by atoms with van der Waals surface area (Å²) in [6.45, 7) is 0.423. The maximum absolute atomic E-state index is 12.2. The number of aromatic nitrogens is 1. The predicted octanol–water partition coefficient (Wildman–Crippen LogP) is 2.07. The number of nitrogens with one attached hydrogen (secondary N) is 2. The molecule has 7 heteroatoms. The third-order valence-corrected chi connectivity index (χ3v) is 3.65. The monoisotopic (exact) mass is 327 g/mol. The summed E-state index contributed by atoms with van der Waals surface area (Å²) in [5, 5.41) is 5.88. The van der Waals surface area contributed by atoms with E-state index in [-0.39, 0.29) is 17.9 Å². The van der Waals surface area contributed by atoms with E-state index in [0.29, 0.717) is 30.0 Å². The number of rotatable bonds is 5. The molecule has 0 aliphatic carbocycles. The molecule has 0 unspecified atom stereocenters. The Labute approximate surface area is 139 Å². The molecule has 1 aromatic carbocycles. The third-order valence-electron chi connectivity index (χ3n) is 3.65. The molecule has 2 heterocycles. The molecule has 0 bridgehead atoms. The van der Waals surface area contributed by atoms with E-state index in [9.17, 15) is 9.59 Å². The Morgan fingerprint density at radius 3 is 2.92 bits per heavy atom. The highest BCUT2D eigenvalue weighted by Gasteiger charge is 2.26. The number of amides is 1. The maximum Gasteiger partial charge on any atom is 0.328 e. The zero-order valence-electron chi connectivity index (χ0n) is 13.1. The lowest BCUT2D eigenvalue weighted by Gasteiger charge is -2.14. The molecule has 0 spiro atoms. The number of carbonyl (C=O) groups excluding carboxylic acids is 2. The Hall–Kier alpha value is -3.09. The Kier molecular flexibility index (Phi) is 4.60. The van der Waals surface area contributed by atoms with Crippen LogP contribution >= 0.6 is 0 Å². The van der Waals surface area contributed by atoms with Crippen LogP contribution in [0.1, 0.15) is 16.8 Å². The summed E-state index contributed by atoms with van der Waals surface area (Å²) < 4.78 is 10.3. The molecule has 3 rings (SSSR count). The molecular formula is C17H17N3O4. The average Bonchev–Trinajstić information content (AvgIpc) is 3.01. The van der Waals surface area contributed by atoms with Gasteiger partial charge < -0.3 is 20.1 Å². The molecule has 1 saturated heterocycles. The second kappa shape index (κ2) is 6.99. The van der Waals surface area contributed by atoms with Crippen molar-refractivity contribution in [2.45, 2.75) is 12.5 Å². The first-order valence-corrected chi connectivity index (χ1v) is 7.50. The Morgan fingerprint density at radius 1 is 1.38 bits per heavy atom. The molecule has 7 nitrogen and oxygen atoms in total. The number of cyclic esters (lactones) is 1. The summed E-state index contributed by atoms with van der Waals surface area (Å²) in [5.41, 5.74) is 1.71. The lowest BCUT2D eigenvalue weighted by molar-refractivity contribution is -0.138. The molecule has 24 heavy (non-hydrogen) atoms. The van der Waals surface area contributed by atoms with Crippen molar-refractivity contribution in [3.63, 3.8) is 0 Å². The van der Waals surface area contributed by atoms with E-state index in [4.69, 9.17) is 9.47 Å². The van der Waals surface area contributed by atoms with Crippen molar-refractivity contribution in [2.75, 3.05) is 24.4 Å². The van der Waals surface area contributed by atoms with Crippen LogP contribution < -0.4 is 15.4 Å². The first kappa shape index (κ1) is 15.8. The van der Waals surface area contributed by atoms with Gasteiger partial charge >= 0.3 is 5.97 Å². The number of anilines is 2. The van der Waals surface area contributed by atoms with Gasteiger partial charge in [0.15, 0.2) is 0 Å². The SMILES string of the molecule is COc1cc(N[C@H]2CCOC2=O)ccc1NC(=O)c1cccnc1. The molecule has 1 amide bonds. The number of esters is 1. The smallest absolute Gasteiger partial charge is 0.328 e. The Morgan fingerprint density at radius 2 is 2.25 bits per heavy atom. The number of methoxy groups -OCH3 is 1. The minimum atomic E-state index is -0.356. The second-order valence-electron chi connectivity index (χ2n) is 5.26. The minimum Gasteiger partial charge on any atom is -0.494 e. The zero-order valence-corrected chi connectivity index (χ0v) is 13.1. The quantitative estimate of drug-likeness (QED) is 0.817. The molecular weight excluding hydrogens is 310 g/mol. The molecule has 0 saturated carbocycles. The summed E-state index contributed by atoms with van der Waals surface area (Å²) in [5.74, 6) is -0.0481. The van der Waals surface area contributed by atoms with Crippen molar-refractivity contribution in [3.05, 3.63) is 48.3 Å². The molecule has 2 N–H and O–H groups in total. The van der Waals surface area contributed by atoms with Crippen molar-refractivity contribution in [1.82, 2.24) is 4.98 Å². The van der Waals surface area contributed by atoms with E-state index in [0.717, 1.165) is 5.69 Å². The van der Waals surface area contributed by atoms with Gasteiger partial charge in [0.2, 0.25) is 0 Å². The predicted molar refractivity (Wildman–Crippen MR) is 88.2 cm³/mol. The lowest BCUT2D eigenvalue weighted by Crippen LogP contribution is -2.24.